The minimum atomic E-state index is -0.158. The SMILES string of the molecule is CCc1cc(=O)n2c(n1)SCC2CC(=O)Nc1ccccn1. The Hall–Kier alpha value is -2.15. The molecule has 0 spiro atoms. The molecular formula is C15H16N4O2S. The molecule has 1 unspecified atom stereocenters. The highest BCUT2D eigenvalue weighted by molar-refractivity contribution is 7.99. The van der Waals surface area contributed by atoms with Crippen LogP contribution in [0.4, 0.5) is 5.82 Å². The quantitative estimate of drug-likeness (QED) is 0.872. The van der Waals surface area contributed by atoms with Crippen molar-refractivity contribution in [1.82, 2.24) is 14.5 Å². The topological polar surface area (TPSA) is 76.9 Å². The van der Waals surface area contributed by atoms with Crippen LogP contribution >= 0.6 is 11.8 Å². The monoisotopic (exact) mass is 316 g/mol. The summed E-state index contributed by atoms with van der Waals surface area (Å²) < 4.78 is 1.63. The summed E-state index contributed by atoms with van der Waals surface area (Å²) in [4.78, 5) is 32.8. The molecule has 6 nitrogen and oxygen atoms in total. The summed E-state index contributed by atoms with van der Waals surface area (Å²) in [6, 6.07) is 6.73. The van der Waals surface area contributed by atoms with Crippen molar-refractivity contribution in [2.24, 2.45) is 0 Å². The molecule has 1 N–H and O–H groups in total. The average Bonchev–Trinajstić information content (AvgIpc) is 2.91. The van der Waals surface area contributed by atoms with Gasteiger partial charge in [-0.15, -0.1) is 0 Å². The molecular weight excluding hydrogens is 300 g/mol. The summed E-state index contributed by atoms with van der Waals surface area (Å²) in [5.41, 5.74) is 0.713. The lowest BCUT2D eigenvalue weighted by molar-refractivity contribution is -0.116. The van der Waals surface area contributed by atoms with Crippen molar-refractivity contribution in [3.8, 4) is 0 Å². The van der Waals surface area contributed by atoms with Gasteiger partial charge in [-0.1, -0.05) is 24.8 Å². The first-order valence-corrected chi connectivity index (χ1v) is 8.12. The number of rotatable bonds is 4. The van der Waals surface area contributed by atoms with Gasteiger partial charge < -0.3 is 5.32 Å². The molecule has 0 bridgehead atoms. The first-order chi connectivity index (χ1) is 10.7. The smallest absolute Gasteiger partial charge is 0.254 e. The molecule has 0 aromatic carbocycles. The van der Waals surface area contributed by atoms with Crippen LogP contribution in [0.2, 0.25) is 0 Å². The van der Waals surface area contributed by atoms with Crippen LogP contribution in [0.15, 0.2) is 40.4 Å². The lowest BCUT2D eigenvalue weighted by Gasteiger charge is -2.13. The number of hydrogen-bond donors (Lipinski definition) is 1. The molecule has 2 aromatic heterocycles. The van der Waals surface area contributed by atoms with Crippen LogP contribution in [-0.2, 0) is 11.2 Å². The fraction of sp³-hybridized carbons (Fsp3) is 0.333. The molecule has 7 heteroatoms. The molecule has 1 aliphatic heterocycles. The number of anilines is 1. The van der Waals surface area contributed by atoms with Gasteiger partial charge in [-0.2, -0.15) is 0 Å². The molecule has 0 radical (unpaired) electrons. The summed E-state index contributed by atoms with van der Waals surface area (Å²) in [6.07, 6.45) is 2.59. The van der Waals surface area contributed by atoms with Crippen molar-refractivity contribution in [3.05, 3.63) is 46.5 Å². The van der Waals surface area contributed by atoms with E-state index in [9.17, 15) is 9.59 Å². The molecule has 0 fully saturated rings. The zero-order chi connectivity index (χ0) is 15.5. The summed E-state index contributed by atoms with van der Waals surface area (Å²) in [5.74, 6) is 1.05. The first kappa shape index (κ1) is 14.8. The Morgan fingerprint density at radius 1 is 1.50 bits per heavy atom. The number of nitrogens with one attached hydrogen (secondary N) is 1. The zero-order valence-electron chi connectivity index (χ0n) is 12.2. The van der Waals surface area contributed by atoms with Crippen LogP contribution in [-0.4, -0.2) is 26.2 Å². The Morgan fingerprint density at radius 3 is 3.09 bits per heavy atom. The van der Waals surface area contributed by atoms with E-state index in [4.69, 9.17) is 0 Å². The fourth-order valence-electron chi connectivity index (χ4n) is 2.37. The Kier molecular flexibility index (Phi) is 4.24. The van der Waals surface area contributed by atoms with Gasteiger partial charge in [0.25, 0.3) is 5.56 Å². The predicted molar refractivity (Wildman–Crippen MR) is 85.1 cm³/mol. The van der Waals surface area contributed by atoms with Gasteiger partial charge >= 0.3 is 0 Å². The van der Waals surface area contributed by atoms with Crippen LogP contribution in [0.25, 0.3) is 0 Å². The van der Waals surface area contributed by atoms with E-state index in [-0.39, 0.29) is 23.9 Å². The molecule has 1 atom stereocenters. The molecule has 3 heterocycles. The zero-order valence-corrected chi connectivity index (χ0v) is 13.0. The third-order valence-electron chi connectivity index (χ3n) is 3.46. The van der Waals surface area contributed by atoms with E-state index in [0.29, 0.717) is 16.7 Å². The van der Waals surface area contributed by atoms with E-state index in [0.717, 1.165) is 12.1 Å². The van der Waals surface area contributed by atoms with Gasteiger partial charge in [0, 0.05) is 30.1 Å². The molecule has 1 amide bonds. The second-order valence-electron chi connectivity index (χ2n) is 5.02. The number of amides is 1. The highest BCUT2D eigenvalue weighted by atomic mass is 32.2. The highest BCUT2D eigenvalue weighted by Gasteiger charge is 2.27. The molecule has 22 heavy (non-hydrogen) atoms. The van der Waals surface area contributed by atoms with Crippen LogP contribution in [0.5, 0.6) is 0 Å². The van der Waals surface area contributed by atoms with E-state index < -0.39 is 0 Å². The summed E-state index contributed by atoms with van der Waals surface area (Å²) >= 11 is 1.52. The normalized spacial score (nSPS) is 16.3. The van der Waals surface area contributed by atoms with Crippen molar-refractivity contribution in [2.75, 3.05) is 11.1 Å². The van der Waals surface area contributed by atoms with Crippen LogP contribution in [0.3, 0.4) is 0 Å². The van der Waals surface area contributed by atoms with Gasteiger partial charge in [0.05, 0.1) is 6.04 Å². The number of fused-ring (bicyclic) bond motifs is 1. The van der Waals surface area contributed by atoms with Crippen LogP contribution in [0.1, 0.15) is 25.1 Å². The lowest BCUT2D eigenvalue weighted by Crippen LogP contribution is -2.27. The van der Waals surface area contributed by atoms with Crippen molar-refractivity contribution in [2.45, 2.75) is 31.0 Å². The molecule has 0 saturated carbocycles. The van der Waals surface area contributed by atoms with Crippen molar-refractivity contribution >= 4 is 23.5 Å². The second-order valence-corrected chi connectivity index (χ2v) is 6.01. The van der Waals surface area contributed by atoms with Gasteiger partial charge in [0.15, 0.2) is 5.16 Å². The maximum atomic E-state index is 12.2. The lowest BCUT2D eigenvalue weighted by atomic mass is 10.2. The fourth-order valence-corrected chi connectivity index (χ4v) is 3.54. The number of thioether (sulfide) groups is 1. The van der Waals surface area contributed by atoms with Gasteiger partial charge in [-0.3, -0.25) is 14.2 Å². The molecule has 1 aliphatic rings. The Balaban J connectivity index is 1.74. The largest absolute Gasteiger partial charge is 0.311 e. The highest BCUT2D eigenvalue weighted by Crippen LogP contribution is 2.32. The number of nitrogens with zero attached hydrogens (tertiary/aromatic N) is 3. The maximum absolute atomic E-state index is 12.2. The maximum Gasteiger partial charge on any atom is 0.254 e. The Morgan fingerprint density at radius 2 is 2.36 bits per heavy atom. The van der Waals surface area contributed by atoms with Gasteiger partial charge in [-0.25, -0.2) is 9.97 Å². The number of carbonyl (C=O) groups is 1. The molecule has 0 aliphatic carbocycles. The second kappa shape index (κ2) is 6.31. The predicted octanol–water partition coefficient (Wildman–Crippen LogP) is 1.88. The summed E-state index contributed by atoms with van der Waals surface area (Å²) in [7, 11) is 0. The van der Waals surface area contributed by atoms with Crippen molar-refractivity contribution < 1.29 is 4.79 Å². The standard InChI is InChI=1S/C15H16N4O2S/c1-2-10-7-14(21)19-11(9-22-15(19)17-10)8-13(20)18-12-5-3-4-6-16-12/h3-7,11H,2,8-9H2,1H3,(H,16,18,20). The van der Waals surface area contributed by atoms with Crippen molar-refractivity contribution in [1.29, 1.82) is 0 Å². The molecule has 2 aromatic rings. The molecule has 3 rings (SSSR count). The number of hydrogen-bond acceptors (Lipinski definition) is 5. The number of carbonyl (C=O) groups excluding carboxylic acids is 1. The van der Waals surface area contributed by atoms with Gasteiger partial charge in [0.1, 0.15) is 5.82 Å². The van der Waals surface area contributed by atoms with E-state index >= 15 is 0 Å². The number of aryl methyl sites for hydroxylation is 1. The summed E-state index contributed by atoms with van der Waals surface area (Å²) in [6.45, 7) is 1.97. The average molecular weight is 316 g/mol. The number of pyridine rings is 1. The molecule has 114 valence electrons. The first-order valence-electron chi connectivity index (χ1n) is 7.13. The Bertz CT molecular complexity index is 745. The van der Waals surface area contributed by atoms with Crippen molar-refractivity contribution in [3.63, 3.8) is 0 Å². The van der Waals surface area contributed by atoms with Gasteiger partial charge in [0.2, 0.25) is 5.91 Å². The third-order valence-corrected chi connectivity index (χ3v) is 4.56. The molecule has 0 saturated heterocycles. The number of aromatic nitrogens is 3. The minimum Gasteiger partial charge on any atom is -0.311 e. The van der Waals surface area contributed by atoms with Gasteiger partial charge in [-0.05, 0) is 18.6 Å². The van der Waals surface area contributed by atoms with Crippen LogP contribution < -0.4 is 10.9 Å². The van der Waals surface area contributed by atoms with E-state index in [1.54, 1.807) is 29.0 Å². The summed E-state index contributed by atoms with van der Waals surface area (Å²) in [5, 5.41) is 3.45. The minimum absolute atomic E-state index is 0.0810. The van der Waals surface area contributed by atoms with E-state index in [1.807, 2.05) is 13.0 Å². The Labute approximate surface area is 132 Å². The third kappa shape index (κ3) is 3.04. The van der Waals surface area contributed by atoms with E-state index in [2.05, 4.69) is 15.3 Å². The van der Waals surface area contributed by atoms with Crippen LogP contribution in [0, 0.1) is 0 Å². The van der Waals surface area contributed by atoms with E-state index in [1.165, 1.54) is 11.8 Å².